The molecule has 2 aromatic rings. The van der Waals surface area contributed by atoms with Gasteiger partial charge in [-0.05, 0) is 44.0 Å². The van der Waals surface area contributed by atoms with Crippen molar-refractivity contribution < 1.29 is 0 Å². The quantitative estimate of drug-likeness (QED) is 0.929. The molecule has 1 aromatic carbocycles. The van der Waals surface area contributed by atoms with E-state index in [1.54, 1.807) is 0 Å². The second kappa shape index (κ2) is 5.77. The molecule has 1 aromatic heterocycles. The minimum Gasteiger partial charge on any atom is -0.327 e. The molecule has 106 valence electrons. The van der Waals surface area contributed by atoms with Crippen molar-refractivity contribution in [1.82, 2.24) is 14.7 Å². The first-order chi connectivity index (χ1) is 9.74. The summed E-state index contributed by atoms with van der Waals surface area (Å²) in [6, 6.07) is 10.8. The number of likely N-dealkylation sites (tertiary alicyclic amines) is 1. The van der Waals surface area contributed by atoms with Gasteiger partial charge in [-0.15, -0.1) is 0 Å². The Hall–Kier alpha value is -1.65. The van der Waals surface area contributed by atoms with E-state index in [-0.39, 0.29) is 0 Å². The molecule has 0 aliphatic carbocycles. The lowest BCUT2D eigenvalue weighted by atomic mass is 10.1. The van der Waals surface area contributed by atoms with Crippen LogP contribution < -0.4 is 5.73 Å². The maximum absolute atomic E-state index is 6.06. The molecule has 0 amide bonds. The molecule has 4 nitrogen and oxygen atoms in total. The third-order valence-corrected chi connectivity index (χ3v) is 3.99. The Morgan fingerprint density at radius 1 is 1.30 bits per heavy atom. The Morgan fingerprint density at radius 2 is 2.15 bits per heavy atom. The zero-order chi connectivity index (χ0) is 13.9. The van der Waals surface area contributed by atoms with Crippen LogP contribution in [0, 0.1) is 6.92 Å². The van der Waals surface area contributed by atoms with Gasteiger partial charge in [-0.1, -0.05) is 18.2 Å². The van der Waals surface area contributed by atoms with Crippen LogP contribution in [0.15, 0.2) is 36.5 Å². The molecule has 0 spiro atoms. The number of piperidine rings is 1. The first-order valence-corrected chi connectivity index (χ1v) is 7.31. The number of benzene rings is 1. The van der Waals surface area contributed by atoms with E-state index < -0.39 is 0 Å². The number of para-hydroxylation sites is 1. The summed E-state index contributed by atoms with van der Waals surface area (Å²) in [6.07, 6.45) is 4.22. The van der Waals surface area contributed by atoms with Crippen molar-refractivity contribution >= 4 is 0 Å². The SMILES string of the molecule is Cc1ccccc1-n1nccc1CN1CCC[C@@H](N)C1. The van der Waals surface area contributed by atoms with Crippen molar-refractivity contribution in [3.63, 3.8) is 0 Å². The summed E-state index contributed by atoms with van der Waals surface area (Å²) in [7, 11) is 0. The van der Waals surface area contributed by atoms with E-state index in [9.17, 15) is 0 Å². The van der Waals surface area contributed by atoms with Crippen molar-refractivity contribution in [3.8, 4) is 5.69 Å². The Morgan fingerprint density at radius 3 is 2.95 bits per heavy atom. The molecule has 1 aliphatic heterocycles. The van der Waals surface area contributed by atoms with Crippen LogP contribution >= 0.6 is 0 Å². The summed E-state index contributed by atoms with van der Waals surface area (Å²) in [5.74, 6) is 0. The van der Waals surface area contributed by atoms with E-state index in [1.807, 2.05) is 6.20 Å². The first-order valence-electron chi connectivity index (χ1n) is 7.31. The van der Waals surface area contributed by atoms with Crippen LogP contribution in [0.25, 0.3) is 5.69 Å². The molecule has 0 unspecified atom stereocenters. The summed E-state index contributed by atoms with van der Waals surface area (Å²) in [5, 5.41) is 4.49. The second-order valence-corrected chi connectivity index (χ2v) is 5.66. The highest BCUT2D eigenvalue weighted by Gasteiger charge is 2.18. The van der Waals surface area contributed by atoms with E-state index >= 15 is 0 Å². The zero-order valence-electron chi connectivity index (χ0n) is 12.0. The number of hydrogen-bond acceptors (Lipinski definition) is 3. The van der Waals surface area contributed by atoms with Gasteiger partial charge in [0.25, 0.3) is 0 Å². The molecular formula is C16H22N4. The van der Waals surface area contributed by atoms with Crippen LogP contribution in [0.1, 0.15) is 24.1 Å². The predicted molar refractivity (Wildman–Crippen MR) is 80.8 cm³/mol. The lowest BCUT2D eigenvalue weighted by Crippen LogP contribution is -2.42. The fraction of sp³-hybridized carbons (Fsp3) is 0.438. The molecule has 2 heterocycles. The molecule has 0 radical (unpaired) electrons. The summed E-state index contributed by atoms with van der Waals surface area (Å²) in [5.41, 5.74) is 9.70. The van der Waals surface area contributed by atoms with Gasteiger partial charge in [0.2, 0.25) is 0 Å². The maximum atomic E-state index is 6.06. The first kappa shape index (κ1) is 13.3. The normalized spacial score (nSPS) is 20.2. The van der Waals surface area contributed by atoms with Gasteiger partial charge in [0.05, 0.1) is 11.4 Å². The van der Waals surface area contributed by atoms with E-state index in [0.717, 1.165) is 31.7 Å². The molecule has 1 aliphatic rings. The minimum atomic E-state index is 0.318. The highest BCUT2D eigenvalue weighted by Crippen LogP contribution is 2.18. The van der Waals surface area contributed by atoms with Crippen molar-refractivity contribution in [1.29, 1.82) is 0 Å². The Bertz CT molecular complexity index is 575. The number of nitrogens with two attached hydrogens (primary N) is 1. The van der Waals surface area contributed by atoms with Gasteiger partial charge in [-0.25, -0.2) is 4.68 Å². The van der Waals surface area contributed by atoms with Gasteiger partial charge in [-0.3, -0.25) is 4.90 Å². The highest BCUT2D eigenvalue weighted by molar-refractivity contribution is 5.40. The standard InChI is InChI=1S/C16H22N4/c1-13-5-2-3-7-16(13)20-15(8-9-18-20)12-19-10-4-6-14(17)11-19/h2-3,5,7-9,14H,4,6,10-12,17H2,1H3/t14-/m1/s1. The molecule has 4 heteroatoms. The minimum absolute atomic E-state index is 0.318. The second-order valence-electron chi connectivity index (χ2n) is 5.66. The van der Waals surface area contributed by atoms with Crippen molar-refractivity contribution in [2.24, 2.45) is 5.73 Å². The molecule has 1 fully saturated rings. The Labute approximate surface area is 120 Å². The highest BCUT2D eigenvalue weighted by atomic mass is 15.3. The average molecular weight is 270 g/mol. The number of aryl methyl sites for hydroxylation is 1. The van der Waals surface area contributed by atoms with Gasteiger partial charge in [0, 0.05) is 25.3 Å². The largest absolute Gasteiger partial charge is 0.327 e. The summed E-state index contributed by atoms with van der Waals surface area (Å²) in [6.45, 7) is 5.16. The van der Waals surface area contributed by atoms with Crippen LogP contribution in [0.3, 0.4) is 0 Å². The average Bonchev–Trinajstić information content (AvgIpc) is 2.87. The molecule has 0 bridgehead atoms. The molecule has 0 saturated carbocycles. The van der Waals surface area contributed by atoms with Crippen molar-refractivity contribution in [3.05, 3.63) is 47.8 Å². The lowest BCUT2D eigenvalue weighted by molar-refractivity contribution is 0.198. The van der Waals surface area contributed by atoms with Crippen LogP contribution in [0.4, 0.5) is 0 Å². The number of nitrogens with zero attached hydrogens (tertiary/aromatic N) is 3. The van der Waals surface area contributed by atoms with E-state index in [0.29, 0.717) is 6.04 Å². The molecule has 1 atom stereocenters. The van der Waals surface area contributed by atoms with Gasteiger partial charge >= 0.3 is 0 Å². The topological polar surface area (TPSA) is 47.1 Å². The van der Waals surface area contributed by atoms with Crippen molar-refractivity contribution in [2.75, 3.05) is 13.1 Å². The molecule has 3 rings (SSSR count). The van der Waals surface area contributed by atoms with E-state index in [2.05, 4.69) is 51.9 Å². The molecular weight excluding hydrogens is 248 g/mol. The van der Waals surface area contributed by atoms with Gasteiger partial charge < -0.3 is 5.73 Å². The van der Waals surface area contributed by atoms with Gasteiger partial charge in [0.15, 0.2) is 0 Å². The third-order valence-electron chi connectivity index (χ3n) is 3.99. The van der Waals surface area contributed by atoms with Gasteiger partial charge in [0.1, 0.15) is 0 Å². The van der Waals surface area contributed by atoms with Crippen molar-refractivity contribution in [2.45, 2.75) is 32.4 Å². The fourth-order valence-corrected chi connectivity index (χ4v) is 2.93. The maximum Gasteiger partial charge on any atom is 0.0678 e. The number of rotatable bonds is 3. The molecule has 2 N–H and O–H groups in total. The summed E-state index contributed by atoms with van der Waals surface area (Å²) < 4.78 is 2.05. The molecule has 20 heavy (non-hydrogen) atoms. The Kier molecular flexibility index (Phi) is 3.85. The van der Waals surface area contributed by atoms with Crippen LogP contribution in [-0.4, -0.2) is 33.8 Å². The van der Waals surface area contributed by atoms with Crippen LogP contribution in [0.5, 0.6) is 0 Å². The number of aromatic nitrogens is 2. The predicted octanol–water partition coefficient (Wildman–Crippen LogP) is 2.10. The zero-order valence-corrected chi connectivity index (χ0v) is 12.0. The lowest BCUT2D eigenvalue weighted by Gasteiger charge is -2.30. The summed E-state index contributed by atoms with van der Waals surface area (Å²) >= 11 is 0. The van der Waals surface area contributed by atoms with Crippen LogP contribution in [0.2, 0.25) is 0 Å². The smallest absolute Gasteiger partial charge is 0.0678 e. The van der Waals surface area contributed by atoms with Gasteiger partial charge in [-0.2, -0.15) is 5.10 Å². The van der Waals surface area contributed by atoms with E-state index in [4.69, 9.17) is 5.73 Å². The van der Waals surface area contributed by atoms with Crippen LogP contribution in [-0.2, 0) is 6.54 Å². The fourth-order valence-electron chi connectivity index (χ4n) is 2.93. The monoisotopic (exact) mass is 270 g/mol. The molecule has 1 saturated heterocycles. The number of hydrogen-bond donors (Lipinski definition) is 1. The third kappa shape index (κ3) is 2.76. The summed E-state index contributed by atoms with van der Waals surface area (Å²) in [4.78, 5) is 2.43. The van der Waals surface area contributed by atoms with E-state index in [1.165, 1.54) is 17.7 Å². The Balaban J connectivity index is 1.82.